The van der Waals surface area contributed by atoms with Crippen molar-refractivity contribution >= 4 is 14.3 Å². The van der Waals surface area contributed by atoms with E-state index in [0.29, 0.717) is 17.8 Å². The van der Waals surface area contributed by atoms with Gasteiger partial charge < -0.3 is 4.43 Å². The molecule has 0 aliphatic heterocycles. The first-order chi connectivity index (χ1) is 8.20. The van der Waals surface area contributed by atoms with Gasteiger partial charge in [0, 0.05) is 6.08 Å². The number of rotatable bonds is 8. The second-order valence-corrected chi connectivity index (χ2v) is 10.4. The van der Waals surface area contributed by atoms with Crippen LogP contribution >= 0.6 is 0 Å². The van der Waals surface area contributed by atoms with E-state index in [1.807, 2.05) is 0 Å². The van der Waals surface area contributed by atoms with E-state index < -0.39 is 8.32 Å². The van der Waals surface area contributed by atoms with Crippen LogP contribution in [-0.4, -0.2) is 14.3 Å². The molecule has 0 spiro atoms. The van der Waals surface area contributed by atoms with Crippen LogP contribution in [0.4, 0.5) is 0 Å². The Bertz CT molecular complexity index is 243. The van der Waals surface area contributed by atoms with E-state index in [2.05, 4.69) is 48.1 Å². The number of carbonyl (C=O) groups excluding carboxylic acids is 1. The molecule has 0 aliphatic rings. The highest BCUT2D eigenvalue weighted by Crippen LogP contribution is 2.33. The van der Waals surface area contributed by atoms with E-state index in [1.54, 1.807) is 0 Å². The van der Waals surface area contributed by atoms with Gasteiger partial charge in [-0.2, -0.15) is 0 Å². The van der Waals surface area contributed by atoms with Crippen molar-refractivity contribution in [2.24, 2.45) is 17.8 Å². The van der Waals surface area contributed by atoms with Gasteiger partial charge in [-0.25, -0.2) is 4.79 Å². The average Bonchev–Trinajstić information content (AvgIpc) is 2.12. The van der Waals surface area contributed by atoms with Crippen LogP contribution in [0, 0.1) is 17.8 Å². The first-order valence-electron chi connectivity index (χ1n) is 7.06. The summed E-state index contributed by atoms with van der Waals surface area (Å²) in [6, 6.07) is 3.18. The lowest BCUT2D eigenvalue weighted by Crippen LogP contribution is -2.43. The van der Waals surface area contributed by atoms with E-state index in [1.165, 1.54) is 6.08 Å². The zero-order chi connectivity index (χ0) is 14.3. The molecule has 2 nitrogen and oxygen atoms in total. The van der Waals surface area contributed by atoms with E-state index in [-0.39, 0.29) is 5.97 Å². The fourth-order valence-electron chi connectivity index (χ4n) is 2.86. The SMILES string of the molecule is C=CC(=O)O[Si](CC(C)C)(CC(C)C)CC(C)C. The Morgan fingerprint density at radius 1 is 1.00 bits per heavy atom. The van der Waals surface area contributed by atoms with E-state index >= 15 is 0 Å². The number of hydrogen-bond donors (Lipinski definition) is 0. The minimum atomic E-state index is -1.99. The fraction of sp³-hybridized carbons (Fsp3) is 0.800. The van der Waals surface area contributed by atoms with Crippen molar-refractivity contribution in [3.63, 3.8) is 0 Å². The third-order valence-corrected chi connectivity index (χ3v) is 8.14. The van der Waals surface area contributed by atoms with Crippen LogP contribution in [0.15, 0.2) is 12.7 Å². The highest BCUT2D eigenvalue weighted by atomic mass is 28.4. The molecule has 0 amide bonds. The van der Waals surface area contributed by atoms with E-state index in [9.17, 15) is 4.79 Å². The Kier molecular flexibility index (Phi) is 7.53. The normalized spacial score (nSPS) is 12.3. The third kappa shape index (κ3) is 6.99. The minimum absolute atomic E-state index is 0.233. The monoisotopic (exact) mass is 270 g/mol. The molecule has 0 N–H and O–H groups in total. The third-order valence-electron chi connectivity index (χ3n) is 2.82. The maximum Gasteiger partial charge on any atom is 0.316 e. The van der Waals surface area contributed by atoms with Crippen LogP contribution in [0.25, 0.3) is 0 Å². The standard InChI is InChI=1S/C15H30O2Si/c1-8-15(16)17-18(9-12(2)3,10-13(4)5)11-14(6)7/h8,12-14H,1,9-11H2,2-7H3. The molecule has 18 heavy (non-hydrogen) atoms. The summed E-state index contributed by atoms with van der Waals surface area (Å²) in [5, 5.41) is 0. The molecule has 0 bridgehead atoms. The smallest absolute Gasteiger partial charge is 0.316 e. The number of carbonyl (C=O) groups is 1. The maximum absolute atomic E-state index is 11.7. The van der Waals surface area contributed by atoms with Crippen molar-refractivity contribution in [1.29, 1.82) is 0 Å². The molecule has 0 aromatic heterocycles. The molecule has 0 heterocycles. The molecule has 0 aliphatic carbocycles. The fourth-order valence-corrected chi connectivity index (χ4v) is 8.59. The van der Waals surface area contributed by atoms with Crippen LogP contribution in [0.3, 0.4) is 0 Å². The molecule has 3 heteroatoms. The molecule has 106 valence electrons. The van der Waals surface area contributed by atoms with Gasteiger partial charge in [0.15, 0.2) is 0 Å². The van der Waals surface area contributed by atoms with Gasteiger partial charge in [-0.05, 0) is 35.9 Å². The maximum atomic E-state index is 11.7. The van der Waals surface area contributed by atoms with Gasteiger partial charge in [-0.1, -0.05) is 48.1 Å². The van der Waals surface area contributed by atoms with Crippen molar-refractivity contribution < 1.29 is 9.22 Å². The predicted octanol–water partition coefficient (Wildman–Crippen LogP) is 4.63. The lowest BCUT2D eigenvalue weighted by molar-refractivity contribution is -0.129. The zero-order valence-corrected chi connectivity index (χ0v) is 14.0. The summed E-state index contributed by atoms with van der Waals surface area (Å²) < 4.78 is 5.90. The molecule has 0 fully saturated rings. The van der Waals surface area contributed by atoms with Crippen LogP contribution in [0.5, 0.6) is 0 Å². The van der Waals surface area contributed by atoms with Crippen molar-refractivity contribution in [2.45, 2.75) is 59.7 Å². The van der Waals surface area contributed by atoms with Crippen LogP contribution < -0.4 is 0 Å². The Morgan fingerprint density at radius 3 is 1.56 bits per heavy atom. The van der Waals surface area contributed by atoms with Crippen molar-refractivity contribution in [3.05, 3.63) is 12.7 Å². The van der Waals surface area contributed by atoms with Gasteiger partial charge >= 0.3 is 5.97 Å². The van der Waals surface area contributed by atoms with Crippen molar-refractivity contribution in [1.82, 2.24) is 0 Å². The number of hydrogen-bond acceptors (Lipinski definition) is 2. The van der Waals surface area contributed by atoms with Gasteiger partial charge in [0.25, 0.3) is 8.32 Å². The molecule has 0 radical (unpaired) electrons. The summed E-state index contributed by atoms with van der Waals surface area (Å²) in [6.45, 7) is 16.8. The Hall–Kier alpha value is -0.573. The van der Waals surface area contributed by atoms with Crippen LogP contribution in [0.2, 0.25) is 18.1 Å². The Labute approximate surface area is 114 Å². The van der Waals surface area contributed by atoms with Gasteiger partial charge in [0.2, 0.25) is 0 Å². The summed E-state index contributed by atoms with van der Waals surface area (Å²) in [5.74, 6) is 1.49. The average molecular weight is 270 g/mol. The first-order valence-corrected chi connectivity index (χ1v) is 9.59. The van der Waals surface area contributed by atoms with Crippen molar-refractivity contribution in [2.75, 3.05) is 0 Å². The quantitative estimate of drug-likeness (QED) is 0.475. The first kappa shape index (κ1) is 17.4. The molecule has 0 unspecified atom stereocenters. The van der Waals surface area contributed by atoms with Gasteiger partial charge in [-0.15, -0.1) is 0 Å². The minimum Gasteiger partial charge on any atom is -0.516 e. The summed E-state index contributed by atoms with van der Waals surface area (Å²) in [4.78, 5) is 11.7. The topological polar surface area (TPSA) is 26.3 Å². The molecular weight excluding hydrogens is 240 g/mol. The molecule has 0 aromatic rings. The van der Waals surface area contributed by atoms with E-state index in [0.717, 1.165) is 18.1 Å². The van der Waals surface area contributed by atoms with E-state index in [4.69, 9.17) is 4.43 Å². The van der Waals surface area contributed by atoms with Gasteiger partial charge in [0.05, 0.1) is 0 Å². The molecular formula is C15H30O2Si. The van der Waals surface area contributed by atoms with Crippen LogP contribution in [-0.2, 0) is 9.22 Å². The van der Waals surface area contributed by atoms with Crippen LogP contribution in [0.1, 0.15) is 41.5 Å². The zero-order valence-electron chi connectivity index (χ0n) is 13.0. The summed E-state index contributed by atoms with van der Waals surface area (Å²) >= 11 is 0. The largest absolute Gasteiger partial charge is 0.516 e. The Morgan fingerprint density at radius 2 is 1.33 bits per heavy atom. The predicted molar refractivity (Wildman–Crippen MR) is 81.0 cm³/mol. The second-order valence-electron chi connectivity index (χ2n) is 6.60. The highest BCUT2D eigenvalue weighted by Gasteiger charge is 2.40. The van der Waals surface area contributed by atoms with Gasteiger partial charge in [-0.3, -0.25) is 0 Å². The Balaban J connectivity index is 5.09. The lowest BCUT2D eigenvalue weighted by Gasteiger charge is -2.35. The second kappa shape index (κ2) is 7.77. The summed E-state index contributed by atoms with van der Waals surface area (Å²) in [6.07, 6.45) is 1.31. The molecule has 0 saturated carbocycles. The highest BCUT2D eigenvalue weighted by molar-refractivity contribution is 6.75. The van der Waals surface area contributed by atoms with Crippen molar-refractivity contribution in [3.8, 4) is 0 Å². The molecule has 0 atom stereocenters. The molecule has 0 aromatic carbocycles. The van der Waals surface area contributed by atoms with Gasteiger partial charge in [0.1, 0.15) is 0 Å². The summed E-state index contributed by atoms with van der Waals surface area (Å²) in [5.41, 5.74) is 0. The lowest BCUT2D eigenvalue weighted by atomic mass is 10.2. The molecule has 0 saturated heterocycles. The summed E-state index contributed by atoms with van der Waals surface area (Å²) in [7, 11) is -1.99. The molecule has 0 rings (SSSR count).